The van der Waals surface area contributed by atoms with Crippen LogP contribution in [-0.4, -0.2) is 110 Å². The Morgan fingerprint density at radius 1 is 1.12 bits per heavy atom. The summed E-state index contributed by atoms with van der Waals surface area (Å²) < 4.78 is 6.29. The van der Waals surface area contributed by atoms with Gasteiger partial charge in [0.1, 0.15) is 0 Å². The van der Waals surface area contributed by atoms with Gasteiger partial charge in [0.05, 0.1) is 42.2 Å². The fraction of sp³-hybridized carbons (Fsp3) is 0.552. The highest BCUT2D eigenvalue weighted by atomic mass is 32.1. The molecule has 236 valence electrons. The molecule has 1 saturated heterocycles. The standard InChI is InChI=1S/C23H31N3O3S.C6H8O7/c1-25(9-4-12-27)22(28)19(13-20-16-30-17-24-20)14-26-10-7-23(8-11-26)21-6-3-2-5-18(21)15-29-23;7-3(8)1-6(13,5(11)12)2-4(9)10/h2-3,5-6,16-17,19,27H,4,7-15H2,1H3;13H,1-2H2,(H,7,8)(H,9,10)(H,11,12). The van der Waals surface area contributed by atoms with Crippen molar-refractivity contribution in [2.24, 2.45) is 5.92 Å². The lowest BCUT2D eigenvalue weighted by atomic mass is 9.83. The molecular formula is C29H39N3O10S. The van der Waals surface area contributed by atoms with Gasteiger partial charge < -0.3 is 40.1 Å². The van der Waals surface area contributed by atoms with Gasteiger partial charge in [0.25, 0.3) is 0 Å². The molecule has 0 aliphatic carbocycles. The van der Waals surface area contributed by atoms with Crippen molar-refractivity contribution in [1.29, 1.82) is 0 Å². The molecule has 0 radical (unpaired) electrons. The number of hydrogen-bond acceptors (Lipinski definition) is 10. The lowest BCUT2D eigenvalue weighted by Gasteiger charge is -2.40. The third kappa shape index (κ3) is 9.28. The number of carboxylic acids is 3. The lowest BCUT2D eigenvalue weighted by molar-refractivity contribution is -0.170. The molecule has 2 aliphatic rings. The Bertz CT molecular complexity index is 1230. The minimum Gasteiger partial charge on any atom is -0.481 e. The number of hydrogen-bond donors (Lipinski definition) is 5. The van der Waals surface area contributed by atoms with Crippen molar-refractivity contribution in [3.63, 3.8) is 0 Å². The first-order valence-electron chi connectivity index (χ1n) is 14.0. The molecule has 0 bridgehead atoms. The van der Waals surface area contributed by atoms with Crippen LogP contribution in [0.5, 0.6) is 0 Å². The molecule has 1 aromatic heterocycles. The number of thiazole rings is 1. The van der Waals surface area contributed by atoms with Gasteiger partial charge >= 0.3 is 17.9 Å². The van der Waals surface area contributed by atoms with Crippen LogP contribution in [-0.2, 0) is 42.5 Å². The molecule has 1 unspecified atom stereocenters. The highest BCUT2D eigenvalue weighted by Crippen LogP contribution is 2.44. The molecule has 4 rings (SSSR count). The first kappa shape index (κ1) is 34.1. The average Bonchev–Trinajstić information content (AvgIpc) is 3.60. The van der Waals surface area contributed by atoms with Gasteiger partial charge in [-0.3, -0.25) is 14.4 Å². The molecule has 14 heteroatoms. The van der Waals surface area contributed by atoms with Gasteiger partial charge in [-0.15, -0.1) is 11.3 Å². The van der Waals surface area contributed by atoms with Crippen LogP contribution in [0.3, 0.4) is 0 Å². The number of amides is 1. The Labute approximate surface area is 253 Å². The number of carbonyl (C=O) groups is 4. The second kappa shape index (κ2) is 15.3. The second-order valence-electron chi connectivity index (χ2n) is 10.9. The smallest absolute Gasteiger partial charge is 0.336 e. The fourth-order valence-corrected chi connectivity index (χ4v) is 6.04. The Hall–Kier alpha value is -3.43. The maximum absolute atomic E-state index is 13.1. The number of fused-ring (bicyclic) bond motifs is 2. The third-order valence-electron chi connectivity index (χ3n) is 7.76. The fourth-order valence-electron chi connectivity index (χ4n) is 5.47. The summed E-state index contributed by atoms with van der Waals surface area (Å²) in [7, 11) is 1.83. The van der Waals surface area contributed by atoms with Gasteiger partial charge in [0, 0.05) is 51.6 Å². The topological polar surface area (TPSA) is 198 Å². The van der Waals surface area contributed by atoms with Crippen LogP contribution in [0.15, 0.2) is 35.2 Å². The molecule has 0 saturated carbocycles. The summed E-state index contributed by atoms with van der Waals surface area (Å²) in [6.07, 6.45) is 0.897. The molecule has 1 amide bonds. The zero-order valence-electron chi connectivity index (χ0n) is 24.1. The normalized spacial score (nSPS) is 16.5. The largest absolute Gasteiger partial charge is 0.481 e. The van der Waals surface area contributed by atoms with E-state index >= 15 is 0 Å². The number of benzene rings is 1. The second-order valence-corrected chi connectivity index (χ2v) is 11.7. The van der Waals surface area contributed by atoms with Crippen molar-refractivity contribution in [3.05, 3.63) is 52.0 Å². The highest BCUT2D eigenvalue weighted by Gasteiger charge is 2.43. The Balaban J connectivity index is 0.000000331. The van der Waals surface area contributed by atoms with Crippen molar-refractivity contribution in [3.8, 4) is 0 Å². The number of aliphatic hydroxyl groups excluding tert-OH is 1. The zero-order valence-corrected chi connectivity index (χ0v) is 24.9. The summed E-state index contributed by atoms with van der Waals surface area (Å²) in [4.78, 5) is 52.2. The number of carbonyl (C=O) groups excluding carboxylic acids is 1. The summed E-state index contributed by atoms with van der Waals surface area (Å²) in [5.74, 6) is -5.00. The minimum absolute atomic E-state index is 0.101. The van der Waals surface area contributed by atoms with Crippen molar-refractivity contribution < 1.29 is 49.4 Å². The number of rotatable bonds is 13. The van der Waals surface area contributed by atoms with E-state index in [1.165, 1.54) is 11.1 Å². The Morgan fingerprint density at radius 3 is 2.33 bits per heavy atom. The van der Waals surface area contributed by atoms with Crippen molar-refractivity contribution in [2.75, 3.05) is 39.8 Å². The van der Waals surface area contributed by atoms with Gasteiger partial charge in [-0.2, -0.15) is 0 Å². The molecule has 13 nitrogen and oxygen atoms in total. The van der Waals surface area contributed by atoms with Gasteiger partial charge in [0.15, 0.2) is 5.60 Å². The lowest BCUT2D eigenvalue weighted by Crippen LogP contribution is -2.47. The van der Waals surface area contributed by atoms with Crippen LogP contribution in [0.2, 0.25) is 0 Å². The van der Waals surface area contributed by atoms with Crippen LogP contribution >= 0.6 is 11.3 Å². The van der Waals surface area contributed by atoms with Crippen LogP contribution in [0.4, 0.5) is 0 Å². The molecule has 5 N–H and O–H groups in total. The number of aromatic nitrogens is 1. The monoisotopic (exact) mass is 621 g/mol. The molecule has 43 heavy (non-hydrogen) atoms. The molecule has 2 aromatic rings. The summed E-state index contributed by atoms with van der Waals surface area (Å²) in [6, 6.07) is 8.56. The number of aliphatic carboxylic acids is 3. The van der Waals surface area contributed by atoms with Crippen LogP contribution in [0, 0.1) is 5.92 Å². The van der Waals surface area contributed by atoms with E-state index < -0.39 is 36.4 Å². The maximum atomic E-state index is 13.1. The van der Waals surface area contributed by atoms with E-state index in [4.69, 9.17) is 30.3 Å². The number of carboxylic acid groups (broad SMARTS) is 3. The van der Waals surface area contributed by atoms with Crippen molar-refractivity contribution in [2.45, 2.75) is 56.3 Å². The van der Waals surface area contributed by atoms with E-state index in [0.29, 0.717) is 26.0 Å². The van der Waals surface area contributed by atoms with E-state index in [-0.39, 0.29) is 24.0 Å². The van der Waals surface area contributed by atoms with Crippen LogP contribution in [0.25, 0.3) is 0 Å². The summed E-state index contributed by atoms with van der Waals surface area (Å²) >= 11 is 1.57. The molecule has 1 atom stereocenters. The number of ether oxygens (including phenoxy) is 1. The molecule has 1 aromatic carbocycles. The molecule has 1 spiro atoms. The van der Waals surface area contributed by atoms with E-state index in [1.807, 2.05) is 17.9 Å². The van der Waals surface area contributed by atoms with Crippen molar-refractivity contribution in [1.82, 2.24) is 14.8 Å². The quantitative estimate of drug-likeness (QED) is 0.216. The first-order valence-corrected chi connectivity index (χ1v) is 14.9. The summed E-state index contributed by atoms with van der Waals surface area (Å²) in [5.41, 5.74) is 2.58. The Morgan fingerprint density at radius 2 is 1.77 bits per heavy atom. The van der Waals surface area contributed by atoms with Gasteiger partial charge in [-0.1, -0.05) is 24.3 Å². The molecular weight excluding hydrogens is 582 g/mol. The van der Waals surface area contributed by atoms with Gasteiger partial charge in [-0.25, -0.2) is 9.78 Å². The minimum atomic E-state index is -2.74. The van der Waals surface area contributed by atoms with Crippen LogP contribution in [0.1, 0.15) is 48.9 Å². The number of likely N-dealkylation sites (tertiary alicyclic amines) is 1. The highest BCUT2D eigenvalue weighted by molar-refractivity contribution is 7.07. The van der Waals surface area contributed by atoms with E-state index in [9.17, 15) is 19.2 Å². The summed E-state index contributed by atoms with van der Waals surface area (Å²) in [6.45, 7) is 3.97. The van der Waals surface area contributed by atoms with E-state index in [0.717, 1.165) is 38.2 Å². The predicted molar refractivity (Wildman–Crippen MR) is 154 cm³/mol. The molecule has 3 heterocycles. The Kier molecular flexibility index (Phi) is 12.2. The zero-order chi connectivity index (χ0) is 31.6. The van der Waals surface area contributed by atoms with Gasteiger partial charge in [-0.05, 0) is 30.4 Å². The first-order chi connectivity index (χ1) is 20.4. The molecule has 2 aliphatic heterocycles. The van der Waals surface area contributed by atoms with Gasteiger partial charge in [0.2, 0.25) is 5.91 Å². The number of piperidine rings is 1. The molecule has 1 fully saturated rings. The average molecular weight is 622 g/mol. The number of nitrogens with zero attached hydrogens (tertiary/aromatic N) is 3. The predicted octanol–water partition coefficient (Wildman–Crippen LogP) is 1.42. The SMILES string of the molecule is CN(CCCO)C(=O)C(Cc1cscn1)CN1CCC2(CC1)OCc1ccccc12.O=C(O)CC(O)(CC(=O)O)C(=O)O. The van der Waals surface area contributed by atoms with Crippen molar-refractivity contribution >= 4 is 35.2 Å². The summed E-state index contributed by atoms with van der Waals surface area (Å²) in [5, 5.41) is 44.9. The van der Waals surface area contributed by atoms with E-state index in [1.54, 1.807) is 16.2 Å². The van der Waals surface area contributed by atoms with Crippen LogP contribution < -0.4 is 0 Å². The maximum Gasteiger partial charge on any atom is 0.336 e. The number of aliphatic hydroxyl groups is 2. The van der Waals surface area contributed by atoms with E-state index in [2.05, 4.69) is 34.1 Å². The third-order valence-corrected chi connectivity index (χ3v) is 8.39.